The molecule has 0 fully saturated rings. The molecular weight excluding hydrogens is 242 g/mol. The molecule has 0 saturated heterocycles. The van der Waals surface area contributed by atoms with Crippen LogP contribution < -0.4 is 14.8 Å². The van der Waals surface area contributed by atoms with Gasteiger partial charge in [0, 0.05) is 12.7 Å². The van der Waals surface area contributed by atoms with Gasteiger partial charge in [-0.1, -0.05) is 0 Å². The zero-order valence-electron chi connectivity index (χ0n) is 11.3. The summed E-state index contributed by atoms with van der Waals surface area (Å²) in [6.07, 6.45) is 1.96. The third-order valence-electron chi connectivity index (χ3n) is 2.70. The van der Waals surface area contributed by atoms with Crippen molar-refractivity contribution in [3.05, 3.63) is 42.2 Å². The Labute approximate surface area is 113 Å². The monoisotopic (exact) mass is 261 g/mol. The molecule has 102 valence electrons. The summed E-state index contributed by atoms with van der Waals surface area (Å²) in [6, 6.07) is 9.56. The number of rotatable bonds is 7. The summed E-state index contributed by atoms with van der Waals surface area (Å²) < 4.78 is 12.6. The lowest BCUT2D eigenvalue weighted by Gasteiger charge is -2.07. The van der Waals surface area contributed by atoms with Gasteiger partial charge >= 0.3 is 0 Å². The molecule has 1 heterocycles. The Bertz CT molecular complexity index is 494. The molecule has 0 aliphatic rings. The summed E-state index contributed by atoms with van der Waals surface area (Å²) >= 11 is 0. The van der Waals surface area contributed by atoms with E-state index in [-0.39, 0.29) is 0 Å². The van der Waals surface area contributed by atoms with Gasteiger partial charge in [-0.25, -0.2) is 0 Å². The standard InChI is InChI=1S/C14H19N3O2/c1-15-11-12-7-8-17(16-12)9-10-19-14-5-3-13(18-2)4-6-14/h3-8,15H,9-11H2,1-2H3. The molecule has 0 aliphatic carbocycles. The van der Waals surface area contributed by atoms with Crippen molar-refractivity contribution in [3.63, 3.8) is 0 Å². The Balaban J connectivity index is 1.78. The smallest absolute Gasteiger partial charge is 0.119 e. The van der Waals surface area contributed by atoms with Crippen LogP contribution in [0.25, 0.3) is 0 Å². The van der Waals surface area contributed by atoms with Gasteiger partial charge in [-0.05, 0) is 37.4 Å². The van der Waals surface area contributed by atoms with Crippen LogP contribution in [0, 0.1) is 0 Å². The highest BCUT2D eigenvalue weighted by Crippen LogP contribution is 2.16. The number of nitrogens with zero attached hydrogens (tertiary/aromatic N) is 2. The molecule has 5 heteroatoms. The number of hydrogen-bond donors (Lipinski definition) is 1. The van der Waals surface area contributed by atoms with E-state index in [1.807, 2.05) is 48.3 Å². The Kier molecular flexibility index (Phi) is 4.80. The van der Waals surface area contributed by atoms with Crippen molar-refractivity contribution >= 4 is 0 Å². The first-order valence-electron chi connectivity index (χ1n) is 6.25. The summed E-state index contributed by atoms with van der Waals surface area (Å²) in [4.78, 5) is 0. The molecule has 2 aromatic rings. The molecule has 0 bridgehead atoms. The predicted octanol–water partition coefficient (Wildman–Crippen LogP) is 1.69. The van der Waals surface area contributed by atoms with Crippen molar-refractivity contribution in [2.45, 2.75) is 13.1 Å². The second-order valence-corrected chi connectivity index (χ2v) is 4.12. The third-order valence-corrected chi connectivity index (χ3v) is 2.70. The molecule has 0 atom stereocenters. The van der Waals surface area contributed by atoms with E-state index in [4.69, 9.17) is 9.47 Å². The van der Waals surface area contributed by atoms with E-state index < -0.39 is 0 Å². The summed E-state index contributed by atoms with van der Waals surface area (Å²) in [5.41, 5.74) is 1.03. The minimum atomic E-state index is 0.590. The first kappa shape index (κ1) is 13.4. The van der Waals surface area contributed by atoms with E-state index in [9.17, 15) is 0 Å². The number of ether oxygens (including phenoxy) is 2. The summed E-state index contributed by atoms with van der Waals surface area (Å²) in [7, 11) is 3.56. The maximum absolute atomic E-state index is 5.65. The van der Waals surface area contributed by atoms with Crippen molar-refractivity contribution in [1.82, 2.24) is 15.1 Å². The maximum atomic E-state index is 5.65. The van der Waals surface area contributed by atoms with Crippen molar-refractivity contribution < 1.29 is 9.47 Å². The van der Waals surface area contributed by atoms with E-state index in [1.54, 1.807) is 7.11 Å². The molecule has 0 spiro atoms. The average molecular weight is 261 g/mol. The van der Waals surface area contributed by atoms with Crippen LogP contribution in [0.3, 0.4) is 0 Å². The topological polar surface area (TPSA) is 48.3 Å². The molecule has 0 amide bonds. The van der Waals surface area contributed by atoms with Gasteiger partial charge in [-0.15, -0.1) is 0 Å². The minimum absolute atomic E-state index is 0.590. The normalized spacial score (nSPS) is 10.4. The molecule has 5 nitrogen and oxygen atoms in total. The van der Waals surface area contributed by atoms with E-state index >= 15 is 0 Å². The maximum Gasteiger partial charge on any atom is 0.119 e. The van der Waals surface area contributed by atoms with Gasteiger partial charge in [-0.3, -0.25) is 4.68 Å². The fourth-order valence-corrected chi connectivity index (χ4v) is 1.73. The number of nitrogens with one attached hydrogen (secondary N) is 1. The second-order valence-electron chi connectivity index (χ2n) is 4.12. The Morgan fingerprint density at radius 2 is 1.89 bits per heavy atom. The quantitative estimate of drug-likeness (QED) is 0.824. The minimum Gasteiger partial charge on any atom is -0.497 e. The number of methoxy groups -OCH3 is 1. The number of benzene rings is 1. The molecule has 1 aromatic carbocycles. The lowest BCUT2D eigenvalue weighted by molar-refractivity contribution is 0.290. The Hall–Kier alpha value is -2.01. The van der Waals surface area contributed by atoms with Gasteiger partial charge in [0.25, 0.3) is 0 Å². The third kappa shape index (κ3) is 3.99. The van der Waals surface area contributed by atoms with Gasteiger partial charge < -0.3 is 14.8 Å². The van der Waals surface area contributed by atoms with Crippen molar-refractivity contribution in [2.75, 3.05) is 20.8 Å². The van der Waals surface area contributed by atoms with Gasteiger partial charge in [0.15, 0.2) is 0 Å². The van der Waals surface area contributed by atoms with Crippen LogP contribution in [0.15, 0.2) is 36.5 Å². The fraction of sp³-hybridized carbons (Fsp3) is 0.357. The molecule has 0 saturated carbocycles. The van der Waals surface area contributed by atoms with Crippen LogP contribution in [0.2, 0.25) is 0 Å². The molecule has 1 aromatic heterocycles. The molecule has 2 rings (SSSR count). The van der Waals surface area contributed by atoms with Crippen molar-refractivity contribution in [3.8, 4) is 11.5 Å². The van der Waals surface area contributed by atoms with Gasteiger partial charge in [0.05, 0.1) is 19.3 Å². The highest BCUT2D eigenvalue weighted by molar-refractivity contribution is 5.31. The van der Waals surface area contributed by atoms with Crippen LogP contribution in [0.1, 0.15) is 5.69 Å². The highest BCUT2D eigenvalue weighted by Gasteiger charge is 1.99. The van der Waals surface area contributed by atoms with Gasteiger partial charge in [-0.2, -0.15) is 5.10 Å². The lowest BCUT2D eigenvalue weighted by Crippen LogP contribution is -2.10. The Morgan fingerprint density at radius 3 is 2.58 bits per heavy atom. The Morgan fingerprint density at radius 1 is 1.16 bits per heavy atom. The van der Waals surface area contributed by atoms with Gasteiger partial charge in [0.2, 0.25) is 0 Å². The van der Waals surface area contributed by atoms with E-state index in [0.717, 1.165) is 30.3 Å². The van der Waals surface area contributed by atoms with Crippen LogP contribution >= 0.6 is 0 Å². The van der Waals surface area contributed by atoms with Crippen LogP contribution in [0.5, 0.6) is 11.5 Å². The van der Waals surface area contributed by atoms with E-state index in [2.05, 4.69) is 10.4 Å². The number of aromatic nitrogens is 2. The molecule has 0 radical (unpaired) electrons. The first-order valence-corrected chi connectivity index (χ1v) is 6.25. The van der Waals surface area contributed by atoms with Gasteiger partial charge in [0.1, 0.15) is 18.1 Å². The van der Waals surface area contributed by atoms with Crippen molar-refractivity contribution in [2.24, 2.45) is 0 Å². The molecule has 19 heavy (non-hydrogen) atoms. The van der Waals surface area contributed by atoms with Crippen LogP contribution in [-0.2, 0) is 13.1 Å². The SMILES string of the molecule is CNCc1ccn(CCOc2ccc(OC)cc2)n1. The molecular formula is C14H19N3O2. The molecule has 1 N–H and O–H groups in total. The predicted molar refractivity (Wildman–Crippen MR) is 73.5 cm³/mol. The largest absolute Gasteiger partial charge is 0.497 e. The van der Waals surface area contributed by atoms with Crippen molar-refractivity contribution in [1.29, 1.82) is 0 Å². The fourth-order valence-electron chi connectivity index (χ4n) is 1.73. The number of hydrogen-bond acceptors (Lipinski definition) is 4. The highest BCUT2D eigenvalue weighted by atomic mass is 16.5. The van der Waals surface area contributed by atoms with E-state index in [1.165, 1.54) is 0 Å². The van der Waals surface area contributed by atoms with Crippen LogP contribution in [-0.4, -0.2) is 30.5 Å². The molecule has 0 aliphatic heterocycles. The average Bonchev–Trinajstić information content (AvgIpc) is 2.88. The zero-order chi connectivity index (χ0) is 13.5. The summed E-state index contributed by atoms with van der Waals surface area (Å²) in [6.45, 7) is 2.11. The van der Waals surface area contributed by atoms with Crippen LogP contribution in [0.4, 0.5) is 0 Å². The second kappa shape index (κ2) is 6.80. The summed E-state index contributed by atoms with van der Waals surface area (Å²) in [5, 5.41) is 7.48. The zero-order valence-corrected chi connectivity index (χ0v) is 11.3. The first-order chi connectivity index (χ1) is 9.31. The lowest BCUT2D eigenvalue weighted by atomic mass is 10.3. The molecule has 0 unspecified atom stereocenters. The summed E-state index contributed by atoms with van der Waals surface area (Å²) in [5.74, 6) is 1.67. The van der Waals surface area contributed by atoms with E-state index in [0.29, 0.717) is 6.61 Å².